The summed E-state index contributed by atoms with van der Waals surface area (Å²) in [6.07, 6.45) is 0. The van der Waals surface area contributed by atoms with Crippen LogP contribution >= 0.6 is 12.6 Å². The molecule has 3 heteroatoms. The average Bonchev–Trinajstić information content (AvgIpc) is 2.09. The van der Waals surface area contributed by atoms with Crippen molar-refractivity contribution in [2.24, 2.45) is 5.92 Å². The third-order valence-electron chi connectivity index (χ3n) is 2.36. The quantitative estimate of drug-likeness (QED) is 0.671. The SMILES string of the molecule is CC(CS)CN1CCOCC1C. The largest absolute Gasteiger partial charge is 0.379 e. The molecule has 1 fully saturated rings. The molecule has 0 bridgehead atoms. The van der Waals surface area contributed by atoms with Gasteiger partial charge in [0.1, 0.15) is 0 Å². The van der Waals surface area contributed by atoms with Gasteiger partial charge in [0.15, 0.2) is 0 Å². The molecule has 0 spiro atoms. The van der Waals surface area contributed by atoms with Crippen molar-refractivity contribution in [3.63, 3.8) is 0 Å². The van der Waals surface area contributed by atoms with E-state index in [-0.39, 0.29) is 0 Å². The van der Waals surface area contributed by atoms with Crippen LogP contribution in [-0.4, -0.2) is 43.0 Å². The van der Waals surface area contributed by atoms with Crippen LogP contribution in [0.4, 0.5) is 0 Å². The standard InChI is InChI=1S/C9H19NOS/c1-8(7-12)5-10-3-4-11-6-9(10)2/h8-9,12H,3-7H2,1-2H3. The van der Waals surface area contributed by atoms with E-state index in [2.05, 4.69) is 31.4 Å². The monoisotopic (exact) mass is 189 g/mol. The second kappa shape index (κ2) is 5.10. The molecule has 1 aliphatic rings. The normalized spacial score (nSPS) is 28.8. The number of nitrogens with zero attached hydrogens (tertiary/aromatic N) is 1. The summed E-state index contributed by atoms with van der Waals surface area (Å²) < 4.78 is 5.37. The second-order valence-corrected chi connectivity index (χ2v) is 4.07. The van der Waals surface area contributed by atoms with Crippen molar-refractivity contribution >= 4 is 12.6 Å². The maximum absolute atomic E-state index is 5.37. The summed E-state index contributed by atoms with van der Waals surface area (Å²) in [4.78, 5) is 2.49. The Bertz CT molecular complexity index is 132. The molecule has 0 aromatic heterocycles. The minimum Gasteiger partial charge on any atom is -0.379 e. The highest BCUT2D eigenvalue weighted by atomic mass is 32.1. The number of hydrogen-bond acceptors (Lipinski definition) is 3. The second-order valence-electron chi connectivity index (χ2n) is 3.71. The van der Waals surface area contributed by atoms with Gasteiger partial charge in [-0.3, -0.25) is 4.90 Å². The fourth-order valence-corrected chi connectivity index (χ4v) is 1.61. The first-order chi connectivity index (χ1) is 5.74. The molecular weight excluding hydrogens is 170 g/mol. The summed E-state index contributed by atoms with van der Waals surface area (Å²) >= 11 is 4.29. The van der Waals surface area contributed by atoms with Gasteiger partial charge >= 0.3 is 0 Å². The van der Waals surface area contributed by atoms with Gasteiger partial charge in [-0.2, -0.15) is 12.6 Å². The number of ether oxygens (including phenoxy) is 1. The van der Waals surface area contributed by atoms with Gasteiger partial charge in [0.05, 0.1) is 13.2 Å². The highest BCUT2D eigenvalue weighted by Crippen LogP contribution is 2.09. The van der Waals surface area contributed by atoms with E-state index in [9.17, 15) is 0 Å². The molecule has 0 aliphatic carbocycles. The summed E-state index contributed by atoms with van der Waals surface area (Å²) in [5.74, 6) is 1.67. The van der Waals surface area contributed by atoms with Gasteiger partial charge in [0.2, 0.25) is 0 Å². The molecule has 72 valence electrons. The molecule has 0 amide bonds. The Morgan fingerprint density at radius 3 is 3.00 bits per heavy atom. The third kappa shape index (κ3) is 2.96. The Kier molecular flexibility index (Phi) is 4.40. The van der Waals surface area contributed by atoms with Gasteiger partial charge in [0.25, 0.3) is 0 Å². The third-order valence-corrected chi connectivity index (χ3v) is 2.99. The van der Waals surface area contributed by atoms with Gasteiger partial charge in [0, 0.05) is 19.1 Å². The first kappa shape index (κ1) is 10.4. The van der Waals surface area contributed by atoms with Crippen molar-refractivity contribution in [3.05, 3.63) is 0 Å². The predicted octanol–water partition coefficient (Wildman–Crippen LogP) is 1.27. The van der Waals surface area contributed by atoms with E-state index in [0.717, 1.165) is 32.1 Å². The minimum absolute atomic E-state index is 0.584. The Morgan fingerprint density at radius 1 is 1.67 bits per heavy atom. The molecule has 1 saturated heterocycles. The van der Waals surface area contributed by atoms with Crippen molar-refractivity contribution in [1.82, 2.24) is 4.90 Å². The van der Waals surface area contributed by atoms with Crippen LogP contribution in [0.1, 0.15) is 13.8 Å². The lowest BCUT2D eigenvalue weighted by molar-refractivity contribution is -0.00490. The van der Waals surface area contributed by atoms with Crippen molar-refractivity contribution in [3.8, 4) is 0 Å². The molecule has 12 heavy (non-hydrogen) atoms. The Balaban J connectivity index is 2.28. The lowest BCUT2D eigenvalue weighted by Crippen LogP contribution is -2.45. The van der Waals surface area contributed by atoms with Crippen LogP contribution in [0.25, 0.3) is 0 Å². The van der Waals surface area contributed by atoms with Crippen molar-refractivity contribution in [2.45, 2.75) is 19.9 Å². The van der Waals surface area contributed by atoms with Gasteiger partial charge in [-0.15, -0.1) is 0 Å². The summed E-state index contributed by atoms with van der Waals surface area (Å²) in [5.41, 5.74) is 0. The molecule has 2 nitrogen and oxygen atoms in total. The predicted molar refractivity (Wildman–Crippen MR) is 54.9 cm³/mol. The van der Waals surface area contributed by atoms with Crippen LogP contribution in [0, 0.1) is 5.92 Å². The van der Waals surface area contributed by atoms with Crippen molar-refractivity contribution < 1.29 is 4.74 Å². The van der Waals surface area contributed by atoms with E-state index >= 15 is 0 Å². The lowest BCUT2D eigenvalue weighted by atomic mass is 10.1. The van der Waals surface area contributed by atoms with Crippen LogP contribution in [0.15, 0.2) is 0 Å². The molecular formula is C9H19NOS. The fraction of sp³-hybridized carbons (Fsp3) is 1.00. The van der Waals surface area contributed by atoms with Crippen LogP contribution in [-0.2, 0) is 4.74 Å². The summed E-state index contributed by atoms with van der Waals surface area (Å²) in [5, 5.41) is 0. The fourth-order valence-electron chi connectivity index (χ4n) is 1.49. The molecule has 1 heterocycles. The molecule has 1 rings (SSSR count). The first-order valence-corrected chi connectivity index (χ1v) is 5.30. The Hall–Kier alpha value is 0.270. The summed E-state index contributed by atoms with van der Waals surface area (Å²) in [6, 6.07) is 0.584. The zero-order chi connectivity index (χ0) is 8.97. The maximum atomic E-state index is 5.37. The highest BCUT2D eigenvalue weighted by molar-refractivity contribution is 7.80. The van der Waals surface area contributed by atoms with Crippen LogP contribution in [0.2, 0.25) is 0 Å². The first-order valence-electron chi connectivity index (χ1n) is 4.66. The number of thiol groups is 1. The summed E-state index contributed by atoms with van der Waals surface area (Å²) in [6.45, 7) is 8.50. The molecule has 0 radical (unpaired) electrons. The van der Waals surface area contributed by atoms with Gasteiger partial charge in [-0.05, 0) is 18.6 Å². The molecule has 0 aromatic carbocycles. The Labute approximate surface area is 80.7 Å². The van der Waals surface area contributed by atoms with Crippen molar-refractivity contribution in [2.75, 3.05) is 32.1 Å². The Morgan fingerprint density at radius 2 is 2.42 bits per heavy atom. The molecule has 0 aromatic rings. The zero-order valence-corrected chi connectivity index (χ0v) is 8.89. The van der Waals surface area contributed by atoms with E-state index in [0.29, 0.717) is 12.0 Å². The highest BCUT2D eigenvalue weighted by Gasteiger charge is 2.19. The minimum atomic E-state index is 0.584. The van der Waals surface area contributed by atoms with E-state index in [1.807, 2.05) is 0 Å². The van der Waals surface area contributed by atoms with E-state index in [1.54, 1.807) is 0 Å². The van der Waals surface area contributed by atoms with Crippen LogP contribution < -0.4 is 0 Å². The molecule has 0 saturated carbocycles. The van der Waals surface area contributed by atoms with Gasteiger partial charge < -0.3 is 4.74 Å². The van der Waals surface area contributed by atoms with Gasteiger partial charge in [-0.25, -0.2) is 0 Å². The van der Waals surface area contributed by atoms with Gasteiger partial charge in [-0.1, -0.05) is 6.92 Å². The summed E-state index contributed by atoms with van der Waals surface area (Å²) in [7, 11) is 0. The average molecular weight is 189 g/mol. The van der Waals surface area contributed by atoms with Crippen LogP contribution in [0.3, 0.4) is 0 Å². The number of rotatable bonds is 3. The van der Waals surface area contributed by atoms with Crippen molar-refractivity contribution in [1.29, 1.82) is 0 Å². The number of hydrogen-bond donors (Lipinski definition) is 1. The van der Waals surface area contributed by atoms with E-state index in [1.165, 1.54) is 0 Å². The molecule has 2 atom stereocenters. The smallest absolute Gasteiger partial charge is 0.0619 e. The van der Waals surface area contributed by atoms with Crippen LogP contribution in [0.5, 0.6) is 0 Å². The number of morpholine rings is 1. The van der Waals surface area contributed by atoms with E-state index in [4.69, 9.17) is 4.74 Å². The molecule has 2 unspecified atom stereocenters. The lowest BCUT2D eigenvalue weighted by Gasteiger charge is -2.34. The topological polar surface area (TPSA) is 12.5 Å². The maximum Gasteiger partial charge on any atom is 0.0619 e. The molecule has 1 aliphatic heterocycles. The van der Waals surface area contributed by atoms with E-state index < -0.39 is 0 Å². The molecule has 0 N–H and O–H groups in total. The zero-order valence-electron chi connectivity index (χ0n) is 7.99.